The van der Waals surface area contributed by atoms with E-state index in [1.54, 1.807) is 0 Å². The summed E-state index contributed by atoms with van der Waals surface area (Å²) in [6.07, 6.45) is 0.0217. The lowest BCUT2D eigenvalue weighted by Gasteiger charge is -2.18. The first-order valence-electron chi connectivity index (χ1n) is 12.7. The van der Waals surface area contributed by atoms with Crippen molar-refractivity contribution in [1.82, 2.24) is 0 Å². The zero-order chi connectivity index (χ0) is 31.0. The molecule has 0 radical (unpaired) electrons. The van der Waals surface area contributed by atoms with Crippen molar-refractivity contribution in [2.24, 2.45) is 11.5 Å². The minimum atomic E-state index is -2.27. The normalized spacial score (nSPS) is 25.0. The third-order valence-electron chi connectivity index (χ3n) is 7.24. The lowest BCUT2D eigenvalue weighted by Crippen LogP contribution is -2.45. The van der Waals surface area contributed by atoms with E-state index in [0.717, 1.165) is 34.6 Å². The molecule has 0 amide bonds. The fourth-order valence-corrected chi connectivity index (χ4v) is 5.28. The lowest BCUT2D eigenvalue weighted by atomic mass is 9.93. The fraction of sp³-hybridized carbons (Fsp3) is 0.429. The summed E-state index contributed by atoms with van der Waals surface area (Å²) >= 11 is 6.79. The highest BCUT2D eigenvalue weighted by Crippen LogP contribution is 2.40. The Kier molecular flexibility index (Phi) is 17.4. The van der Waals surface area contributed by atoms with Crippen LogP contribution in [0.4, 0.5) is 0 Å². The molecule has 0 unspecified atom stereocenters. The number of hydrogen-bond donors (Lipinski definition) is 7. The van der Waals surface area contributed by atoms with Gasteiger partial charge in [-0.15, -0.1) is 36.4 Å². The maximum Gasteiger partial charge on any atom is 0.335 e. The molecule has 0 bridgehead atoms. The van der Waals surface area contributed by atoms with Crippen molar-refractivity contribution >= 4 is 86.2 Å². The molecule has 0 saturated heterocycles. The van der Waals surface area contributed by atoms with Crippen LogP contribution in [0.5, 0.6) is 0 Å². The highest BCUT2D eigenvalue weighted by atomic mass is 127. The maximum atomic E-state index is 11.0. The predicted molar refractivity (Wildman–Crippen MR) is 179 cm³/mol. The smallest absolute Gasteiger partial charge is 0.335 e. The van der Waals surface area contributed by atoms with Crippen LogP contribution in [0.25, 0.3) is 0 Å². The summed E-state index contributed by atoms with van der Waals surface area (Å²) in [5.41, 5.74) is 12.6. The van der Waals surface area contributed by atoms with E-state index in [-0.39, 0.29) is 42.3 Å². The van der Waals surface area contributed by atoms with Gasteiger partial charge in [-0.25, -0.2) is 9.59 Å². The number of nitrogens with two attached hydrogens (primary N) is 2. The molecule has 4 rings (SSSR count). The average molecular weight is 864 g/mol. The Bertz CT molecular complexity index is 1250. The zero-order valence-corrected chi connectivity index (χ0v) is 29.1. The number of hydrogen-bond acceptors (Lipinski definition) is 8. The lowest BCUT2D eigenvalue weighted by molar-refractivity contribution is -0.165. The molecule has 2 aliphatic carbocycles. The van der Waals surface area contributed by atoms with Gasteiger partial charge in [-0.3, -0.25) is 4.79 Å². The number of carboxylic acids is 3. The predicted octanol–water partition coefficient (Wildman–Crippen LogP) is 4.35. The van der Waals surface area contributed by atoms with Crippen LogP contribution in [-0.4, -0.2) is 66.7 Å². The number of nitriles is 1. The van der Waals surface area contributed by atoms with Crippen molar-refractivity contribution in [1.29, 1.82) is 5.26 Å². The van der Waals surface area contributed by atoms with E-state index in [2.05, 4.69) is 50.1 Å². The molecule has 0 aromatic heterocycles. The van der Waals surface area contributed by atoms with Gasteiger partial charge in [0.1, 0.15) is 11.1 Å². The standard InChI is InChI=1S/C12H13BrN2.C12H14BrNO2.C4H6O6.ClH.HI/c13-11-3-1-9(2-4-11)10-5-6-12(15,7-10)8-14;13-10-3-1-8(2-4-10)9-5-6-12(14,7-9)11(15)16;5-1(3(7)8)2(6)4(9)10;;/h1-4,10H,5-7,15H2;1-4,9H,5-7,14H2,(H,15,16);1-2,5-6H,(H,7,8)(H,9,10);2*1H/t10-,12-;9-,12-;1-,2-;;/m111../s1. The van der Waals surface area contributed by atoms with Gasteiger partial charge in [0.25, 0.3) is 0 Å². The second-order valence-electron chi connectivity index (χ2n) is 10.3. The first kappa shape index (κ1) is 41.2. The van der Waals surface area contributed by atoms with E-state index in [9.17, 15) is 14.4 Å². The molecule has 2 aromatic carbocycles. The Morgan fingerprint density at radius 1 is 0.791 bits per heavy atom. The van der Waals surface area contributed by atoms with Gasteiger partial charge in [0.2, 0.25) is 0 Å². The average Bonchev–Trinajstić information content (AvgIpc) is 3.54. The van der Waals surface area contributed by atoms with Crippen LogP contribution in [-0.2, 0) is 14.4 Å². The van der Waals surface area contributed by atoms with Gasteiger partial charge >= 0.3 is 17.9 Å². The molecule has 43 heavy (non-hydrogen) atoms. The molecule has 9 N–H and O–H groups in total. The zero-order valence-electron chi connectivity index (χ0n) is 22.8. The Morgan fingerprint density at radius 2 is 1.16 bits per heavy atom. The number of aliphatic hydroxyl groups is 2. The molecule has 11 nitrogen and oxygen atoms in total. The Labute approximate surface area is 289 Å². The summed E-state index contributed by atoms with van der Waals surface area (Å²) < 4.78 is 2.12. The van der Waals surface area contributed by atoms with Crippen LogP contribution >= 0.6 is 68.2 Å². The van der Waals surface area contributed by atoms with E-state index in [0.29, 0.717) is 18.8 Å². The summed E-state index contributed by atoms with van der Waals surface area (Å²) in [6, 6.07) is 18.5. The highest BCUT2D eigenvalue weighted by Gasteiger charge is 2.42. The summed E-state index contributed by atoms with van der Waals surface area (Å²) in [5, 5.41) is 50.5. The summed E-state index contributed by atoms with van der Waals surface area (Å²) in [6.45, 7) is 0. The van der Waals surface area contributed by atoms with Crippen molar-refractivity contribution in [3.63, 3.8) is 0 Å². The van der Waals surface area contributed by atoms with Crippen molar-refractivity contribution in [3.8, 4) is 6.07 Å². The molecule has 2 aliphatic rings. The number of carboxylic acid groups (broad SMARTS) is 3. The van der Waals surface area contributed by atoms with Gasteiger partial charge in [-0.2, -0.15) is 5.26 Å². The molecule has 0 aliphatic heterocycles. The van der Waals surface area contributed by atoms with E-state index < -0.39 is 41.2 Å². The van der Waals surface area contributed by atoms with Crippen LogP contribution in [0.3, 0.4) is 0 Å². The minimum Gasteiger partial charge on any atom is -0.480 e. The number of carbonyl (C=O) groups is 3. The van der Waals surface area contributed by atoms with Gasteiger partial charge in [0.05, 0.1) is 6.07 Å². The van der Waals surface area contributed by atoms with Gasteiger partial charge in [-0.05, 0) is 85.8 Å². The number of halogens is 4. The molecule has 2 aromatic rings. The third kappa shape index (κ3) is 12.2. The van der Waals surface area contributed by atoms with E-state index in [1.807, 2.05) is 36.4 Å². The maximum absolute atomic E-state index is 11.0. The summed E-state index contributed by atoms with van der Waals surface area (Å²) in [5.74, 6) is -3.70. The molecule has 15 heteroatoms. The largest absolute Gasteiger partial charge is 0.480 e. The van der Waals surface area contributed by atoms with Crippen molar-refractivity contribution in [2.75, 3.05) is 0 Å². The second-order valence-corrected chi connectivity index (χ2v) is 12.1. The molecule has 6 atom stereocenters. The first-order chi connectivity index (χ1) is 19.1. The highest BCUT2D eigenvalue weighted by molar-refractivity contribution is 14.0. The Morgan fingerprint density at radius 3 is 1.47 bits per heavy atom. The van der Waals surface area contributed by atoms with Crippen LogP contribution in [0.1, 0.15) is 61.5 Å². The first-order valence-corrected chi connectivity index (χ1v) is 14.2. The van der Waals surface area contributed by atoms with Gasteiger partial charge in [-0.1, -0.05) is 56.1 Å². The SMILES string of the molecule is Cl.I.N#C[C@@]1(N)CC[C@@H](c2ccc(Br)cc2)C1.N[C@]1(C(=O)O)CC[C@@H](c2ccc(Br)cc2)C1.O=C(O)[C@H](O)[C@@H](O)C(=O)O. The molecule has 0 spiro atoms. The van der Waals surface area contributed by atoms with Gasteiger partial charge in [0.15, 0.2) is 12.2 Å². The topological polar surface area (TPSA) is 228 Å². The van der Waals surface area contributed by atoms with Gasteiger partial charge < -0.3 is 37.0 Å². The number of nitrogens with zero attached hydrogens (tertiary/aromatic N) is 1. The third-order valence-corrected chi connectivity index (χ3v) is 8.29. The molecular formula is C28H35Br2ClIN3O8. The monoisotopic (exact) mass is 861 g/mol. The van der Waals surface area contributed by atoms with Crippen LogP contribution in [0, 0.1) is 11.3 Å². The molecule has 2 fully saturated rings. The Balaban J connectivity index is 0.000000619. The second kappa shape index (κ2) is 18.2. The summed E-state index contributed by atoms with van der Waals surface area (Å²) in [7, 11) is 0. The van der Waals surface area contributed by atoms with Crippen molar-refractivity contribution in [2.45, 2.75) is 73.6 Å². The van der Waals surface area contributed by atoms with Gasteiger partial charge in [0, 0.05) is 8.95 Å². The molecule has 238 valence electrons. The summed E-state index contributed by atoms with van der Waals surface area (Å²) in [4.78, 5) is 30.6. The van der Waals surface area contributed by atoms with Crippen LogP contribution in [0.15, 0.2) is 57.5 Å². The Hall–Kier alpha value is -1.84. The number of aliphatic carboxylic acids is 3. The molecule has 2 saturated carbocycles. The number of benzene rings is 2. The van der Waals surface area contributed by atoms with Crippen LogP contribution in [0.2, 0.25) is 0 Å². The van der Waals surface area contributed by atoms with Crippen LogP contribution < -0.4 is 11.5 Å². The van der Waals surface area contributed by atoms with E-state index >= 15 is 0 Å². The molecule has 0 heterocycles. The number of rotatable bonds is 6. The van der Waals surface area contributed by atoms with E-state index in [1.165, 1.54) is 11.1 Å². The minimum absolute atomic E-state index is 0. The van der Waals surface area contributed by atoms with E-state index in [4.69, 9.17) is 42.3 Å². The quantitative estimate of drug-likeness (QED) is 0.202. The fourth-order valence-electron chi connectivity index (χ4n) is 4.76. The number of aliphatic hydroxyl groups excluding tert-OH is 2. The molecular weight excluding hydrogens is 828 g/mol. The van der Waals surface area contributed by atoms with Crippen molar-refractivity contribution in [3.05, 3.63) is 68.6 Å². The van der Waals surface area contributed by atoms with Crippen molar-refractivity contribution < 1.29 is 39.9 Å².